The number of hydrogen-bond donors (Lipinski definition) is 1. The van der Waals surface area contributed by atoms with Crippen LogP contribution in [0, 0.1) is 5.41 Å². The minimum atomic E-state index is -4.28. The van der Waals surface area contributed by atoms with E-state index < -0.39 is 93.9 Å². The van der Waals surface area contributed by atoms with Crippen LogP contribution < -0.4 is 4.90 Å². The van der Waals surface area contributed by atoms with E-state index in [1.54, 1.807) is 12.1 Å². The molecule has 4 aliphatic rings. The van der Waals surface area contributed by atoms with Crippen LogP contribution in [0.2, 0.25) is 0 Å². The highest BCUT2D eigenvalue weighted by Gasteiger charge is 2.64. The van der Waals surface area contributed by atoms with Gasteiger partial charge in [0.05, 0.1) is 87.2 Å². The molecule has 1 spiro atoms. The van der Waals surface area contributed by atoms with Crippen molar-refractivity contribution >= 4 is 21.4 Å². The van der Waals surface area contributed by atoms with Crippen molar-refractivity contribution in [2.24, 2.45) is 5.41 Å². The molecule has 1 N–H and O–H groups in total. The number of benzene rings is 10. The van der Waals surface area contributed by atoms with Gasteiger partial charge < -0.3 is 57.4 Å². The quantitative estimate of drug-likeness (QED) is 0.0408. The average Bonchev–Trinajstić information content (AvgIpc) is 0.696. The Kier molecular flexibility index (Phi) is 23.9. The molecular formula is C88H89NO14S. The summed E-state index contributed by atoms with van der Waals surface area (Å²) in [6.07, 6.45) is -8.73. The fraction of sp³-hybridized carbons (Fsp3) is 0.307. The SMILES string of the molecule is O=C1N(c2ccccc2)[C@H](c2ccc(S(=O)(=O)C[C@@H]3OC(COCc4ccccc4)[C@H](O[C@@H]4OC(COCc5ccccc5)[C@H](OCc5ccccc5)[C@H](OCc5ccccc5)C4OCc4ccccc4)[C@H](OCc4ccccc4)C3OCc3ccccc3)cc2)C12CCC(O)(c1ccccc1)CC2. The molecule has 10 aromatic rings. The van der Waals surface area contributed by atoms with Gasteiger partial charge in [0, 0.05) is 5.69 Å². The fourth-order valence-electron chi connectivity index (χ4n) is 15.0. The number of amides is 1. The summed E-state index contributed by atoms with van der Waals surface area (Å²) in [4.78, 5) is 16.7. The van der Waals surface area contributed by atoms with Gasteiger partial charge in [-0.2, -0.15) is 0 Å². The smallest absolute Gasteiger partial charge is 0.236 e. The number of nitrogens with zero attached hydrogens (tertiary/aromatic N) is 1. The molecule has 16 heteroatoms. The molecule has 1 aliphatic carbocycles. The summed E-state index contributed by atoms with van der Waals surface area (Å²) >= 11 is 0. The van der Waals surface area contributed by atoms with Crippen LogP contribution in [0.5, 0.6) is 0 Å². The number of rotatable bonds is 31. The molecular weight excluding hydrogens is 1330 g/mol. The highest BCUT2D eigenvalue weighted by molar-refractivity contribution is 7.91. The van der Waals surface area contributed by atoms with Gasteiger partial charge in [0.15, 0.2) is 16.1 Å². The van der Waals surface area contributed by atoms with Gasteiger partial charge in [-0.3, -0.25) is 4.79 Å². The maximum Gasteiger partial charge on any atom is 0.236 e. The highest BCUT2D eigenvalue weighted by atomic mass is 32.2. The molecule has 1 saturated carbocycles. The Hall–Kier alpha value is -8.82. The first-order valence-corrected chi connectivity index (χ1v) is 37.7. The first-order valence-electron chi connectivity index (χ1n) is 36.0. The lowest BCUT2D eigenvalue weighted by Gasteiger charge is -2.59. The van der Waals surface area contributed by atoms with E-state index in [0.29, 0.717) is 25.7 Å². The summed E-state index contributed by atoms with van der Waals surface area (Å²) < 4.78 is 103. The second kappa shape index (κ2) is 34.4. The largest absolute Gasteiger partial charge is 0.385 e. The standard InChI is InChI=1S/C88H89NO14S/c90-86-87(50-52-88(91,53-51-87)72-42-24-8-25-43-72)84(89(86)73-44-26-9-27-45-73)71-46-48-74(49-47-71)104(92,93)63-77-79(97-57-67-34-16-4-17-35-67)81(98-58-68-36-18-5-19-37-68)80(76(101-77)62-95-55-65-30-12-2-13-31-65)103-85-83(100-60-70-40-22-7-23-41-70)82(99-59-69-38-20-6-21-39-69)78(96-56-66-32-14-3-15-33-66)75(102-85)61-94-54-64-28-10-1-11-29-64/h1-49,75-85,91H,50-63H2/t75?,76?,77-,78-,79?,80-,81+,82-,83?,84+,85-,87?,88?/m0/s1. The summed E-state index contributed by atoms with van der Waals surface area (Å²) in [6.45, 7) is 1.07. The summed E-state index contributed by atoms with van der Waals surface area (Å²) in [5.74, 6) is -0.561. The van der Waals surface area contributed by atoms with E-state index in [-0.39, 0.29) is 70.3 Å². The predicted octanol–water partition coefficient (Wildman–Crippen LogP) is 15.2. The Balaban J connectivity index is 0.839. The van der Waals surface area contributed by atoms with Gasteiger partial charge in [-0.1, -0.05) is 273 Å². The Morgan fingerprint density at radius 3 is 1.14 bits per heavy atom. The predicted molar refractivity (Wildman–Crippen MR) is 396 cm³/mol. The molecule has 10 aromatic carbocycles. The highest BCUT2D eigenvalue weighted by Crippen LogP contribution is 2.61. The molecule has 14 rings (SSSR count). The molecule has 4 unspecified atom stereocenters. The number of anilines is 1. The van der Waals surface area contributed by atoms with E-state index >= 15 is 8.42 Å². The lowest BCUT2D eigenvalue weighted by Crippen LogP contribution is -2.66. The van der Waals surface area contributed by atoms with E-state index in [0.717, 1.165) is 55.8 Å². The lowest BCUT2D eigenvalue weighted by molar-refractivity contribution is -0.362. The minimum Gasteiger partial charge on any atom is -0.385 e. The zero-order valence-electron chi connectivity index (χ0n) is 58.2. The van der Waals surface area contributed by atoms with Crippen LogP contribution in [0.25, 0.3) is 0 Å². The number of carbonyl (C=O) groups is 1. The van der Waals surface area contributed by atoms with Crippen molar-refractivity contribution in [1.29, 1.82) is 0 Å². The summed E-state index contributed by atoms with van der Waals surface area (Å²) in [5.41, 5.74) is 6.75. The Labute approximate surface area is 610 Å². The van der Waals surface area contributed by atoms with E-state index in [1.807, 2.05) is 290 Å². The van der Waals surface area contributed by atoms with Crippen molar-refractivity contribution in [2.75, 3.05) is 23.9 Å². The number of hydrogen-bond acceptors (Lipinski definition) is 14. The molecule has 3 heterocycles. The lowest BCUT2D eigenvalue weighted by atomic mass is 9.56. The van der Waals surface area contributed by atoms with Crippen LogP contribution in [-0.2, 0) is 114 Å². The number of sulfone groups is 1. The van der Waals surface area contributed by atoms with Crippen LogP contribution in [0.15, 0.2) is 302 Å². The molecule has 11 atom stereocenters. The Bertz CT molecular complexity index is 4360. The molecule has 15 nitrogen and oxygen atoms in total. The monoisotopic (exact) mass is 1420 g/mol. The summed E-state index contributed by atoms with van der Waals surface area (Å²) in [7, 11) is -4.28. The van der Waals surface area contributed by atoms with Gasteiger partial charge in [0.1, 0.15) is 54.9 Å². The second-order valence-corrected chi connectivity index (χ2v) is 29.5. The van der Waals surface area contributed by atoms with Crippen molar-refractivity contribution in [3.63, 3.8) is 0 Å². The van der Waals surface area contributed by atoms with Crippen LogP contribution >= 0.6 is 0 Å². The van der Waals surface area contributed by atoms with Crippen LogP contribution in [-0.4, -0.2) is 99.6 Å². The third-order valence-corrected chi connectivity index (χ3v) is 22.3. The normalized spacial score (nSPS) is 25.5. The number of para-hydroxylation sites is 1. The van der Waals surface area contributed by atoms with Gasteiger partial charge >= 0.3 is 0 Å². The number of aliphatic hydroxyl groups is 1. The van der Waals surface area contributed by atoms with Crippen molar-refractivity contribution in [1.82, 2.24) is 0 Å². The van der Waals surface area contributed by atoms with Crippen molar-refractivity contribution in [2.45, 2.75) is 150 Å². The van der Waals surface area contributed by atoms with E-state index in [4.69, 9.17) is 47.4 Å². The molecule has 4 fully saturated rings. The number of carbonyl (C=O) groups excluding carboxylic acids is 1. The van der Waals surface area contributed by atoms with Crippen LogP contribution in [0.4, 0.5) is 5.69 Å². The Morgan fingerprint density at radius 2 is 0.721 bits per heavy atom. The van der Waals surface area contributed by atoms with Gasteiger partial charge in [-0.15, -0.1) is 0 Å². The topological polar surface area (TPSA) is 167 Å². The average molecular weight is 1420 g/mol. The van der Waals surface area contributed by atoms with Crippen LogP contribution in [0.3, 0.4) is 0 Å². The van der Waals surface area contributed by atoms with Crippen molar-refractivity contribution in [3.8, 4) is 0 Å². The molecule has 536 valence electrons. The number of ether oxygens (including phenoxy) is 10. The summed E-state index contributed by atoms with van der Waals surface area (Å²) in [5, 5.41) is 12.1. The first-order chi connectivity index (χ1) is 51.1. The maximum atomic E-state index is 15.7. The van der Waals surface area contributed by atoms with Crippen molar-refractivity contribution in [3.05, 3.63) is 347 Å². The van der Waals surface area contributed by atoms with Gasteiger partial charge in [-0.05, 0) is 100 Å². The first kappa shape index (κ1) is 72.1. The third-order valence-electron chi connectivity index (χ3n) is 20.5. The fourth-order valence-corrected chi connectivity index (χ4v) is 16.5. The second-order valence-electron chi connectivity index (χ2n) is 27.5. The van der Waals surface area contributed by atoms with E-state index in [2.05, 4.69) is 0 Å². The maximum absolute atomic E-state index is 15.7. The van der Waals surface area contributed by atoms with E-state index in [9.17, 15) is 9.90 Å². The molecule has 3 aliphatic heterocycles. The molecule has 104 heavy (non-hydrogen) atoms. The third kappa shape index (κ3) is 17.4. The molecule has 3 saturated heterocycles. The molecule has 0 radical (unpaired) electrons. The van der Waals surface area contributed by atoms with Gasteiger partial charge in [-0.25, -0.2) is 8.42 Å². The van der Waals surface area contributed by atoms with E-state index in [1.165, 1.54) is 0 Å². The molecule has 1 amide bonds. The van der Waals surface area contributed by atoms with Gasteiger partial charge in [0.25, 0.3) is 0 Å². The number of β-lactam (4-membered cyclic amide) rings is 1. The molecule has 0 bridgehead atoms. The van der Waals surface area contributed by atoms with Gasteiger partial charge in [0.2, 0.25) is 5.91 Å². The van der Waals surface area contributed by atoms with Crippen LogP contribution in [0.1, 0.15) is 81.8 Å². The minimum absolute atomic E-state index is 0.0173. The van der Waals surface area contributed by atoms with Crippen molar-refractivity contribution < 1.29 is 65.7 Å². The Morgan fingerprint density at radius 1 is 0.375 bits per heavy atom. The zero-order valence-corrected chi connectivity index (χ0v) is 59.0. The molecule has 0 aromatic heterocycles. The summed E-state index contributed by atoms with van der Waals surface area (Å²) in [6, 6.07) is 94.8. The zero-order chi connectivity index (χ0) is 71.0.